The Labute approximate surface area is 171 Å². The van der Waals surface area contributed by atoms with Gasteiger partial charge in [-0.2, -0.15) is 0 Å². The van der Waals surface area contributed by atoms with E-state index >= 15 is 0 Å². The largest absolute Gasteiger partial charge is 0.497 e. The number of rotatable bonds is 6. The quantitative estimate of drug-likeness (QED) is 0.659. The Hall–Kier alpha value is -3.11. The molecule has 0 fully saturated rings. The molecule has 0 saturated heterocycles. The standard InChI is InChI=1S/C18H17ClN2O7S/c1-27-13-6-4-12(5-7-13)20-18(24)21-16(22)10-28-17(23)11-3-8-14(19)15(9-11)29(2,25)26/h3-9H,10H2,1-2H3,(H2,20,21,22,24). The van der Waals surface area contributed by atoms with Crippen LogP contribution in [0.4, 0.5) is 10.5 Å². The van der Waals surface area contributed by atoms with Gasteiger partial charge in [0.15, 0.2) is 16.4 Å². The van der Waals surface area contributed by atoms with Crippen molar-refractivity contribution in [1.82, 2.24) is 5.32 Å². The van der Waals surface area contributed by atoms with Crippen molar-refractivity contribution in [3.05, 3.63) is 53.1 Å². The molecule has 0 bridgehead atoms. The summed E-state index contributed by atoms with van der Waals surface area (Å²) in [6.07, 6.45) is 0.943. The summed E-state index contributed by atoms with van der Waals surface area (Å²) in [6.45, 7) is -0.744. The van der Waals surface area contributed by atoms with Crippen molar-refractivity contribution in [3.8, 4) is 5.75 Å². The zero-order valence-electron chi connectivity index (χ0n) is 15.4. The third kappa shape index (κ3) is 6.47. The molecule has 2 rings (SSSR count). The lowest BCUT2D eigenvalue weighted by Crippen LogP contribution is -2.37. The molecular weight excluding hydrogens is 424 g/mol. The number of carbonyl (C=O) groups excluding carboxylic acids is 3. The van der Waals surface area contributed by atoms with Gasteiger partial charge in [-0.1, -0.05) is 11.6 Å². The first-order valence-corrected chi connectivity index (χ1v) is 10.3. The molecule has 0 atom stereocenters. The van der Waals surface area contributed by atoms with Gasteiger partial charge in [-0.25, -0.2) is 18.0 Å². The van der Waals surface area contributed by atoms with Crippen LogP contribution in [0.25, 0.3) is 0 Å². The van der Waals surface area contributed by atoms with E-state index in [9.17, 15) is 22.8 Å². The molecule has 0 spiro atoms. The maximum Gasteiger partial charge on any atom is 0.338 e. The molecular formula is C18H17ClN2O7S. The van der Waals surface area contributed by atoms with Crippen LogP contribution in [0.1, 0.15) is 10.4 Å². The Balaban J connectivity index is 1.89. The molecule has 0 aliphatic rings. The SMILES string of the molecule is COc1ccc(NC(=O)NC(=O)COC(=O)c2ccc(Cl)c(S(C)(=O)=O)c2)cc1. The summed E-state index contributed by atoms with van der Waals surface area (Å²) < 4.78 is 33.1. The molecule has 2 aromatic carbocycles. The number of sulfone groups is 1. The van der Waals surface area contributed by atoms with E-state index in [1.165, 1.54) is 19.2 Å². The van der Waals surface area contributed by atoms with Crippen molar-refractivity contribution in [3.63, 3.8) is 0 Å². The molecule has 0 aromatic heterocycles. The number of esters is 1. The topological polar surface area (TPSA) is 128 Å². The number of nitrogens with one attached hydrogen (secondary N) is 2. The van der Waals surface area contributed by atoms with Crippen LogP contribution in [0.15, 0.2) is 47.4 Å². The van der Waals surface area contributed by atoms with E-state index < -0.39 is 34.4 Å². The average Bonchev–Trinajstić information content (AvgIpc) is 2.66. The van der Waals surface area contributed by atoms with Crippen LogP contribution in [0.5, 0.6) is 5.75 Å². The second kappa shape index (κ2) is 9.39. The van der Waals surface area contributed by atoms with Crippen LogP contribution in [-0.4, -0.2) is 46.3 Å². The second-order valence-corrected chi connectivity index (χ2v) is 8.12. The second-order valence-electron chi connectivity index (χ2n) is 5.72. The smallest absolute Gasteiger partial charge is 0.338 e. The number of carbonyl (C=O) groups is 3. The first-order valence-electron chi connectivity index (χ1n) is 8.02. The molecule has 0 aliphatic carbocycles. The van der Waals surface area contributed by atoms with Gasteiger partial charge in [0.2, 0.25) is 0 Å². The Morgan fingerprint density at radius 3 is 2.31 bits per heavy atom. The molecule has 2 aromatic rings. The van der Waals surface area contributed by atoms with Gasteiger partial charge in [0, 0.05) is 11.9 Å². The van der Waals surface area contributed by atoms with Crippen LogP contribution in [0.3, 0.4) is 0 Å². The minimum atomic E-state index is -3.65. The number of hydrogen-bond donors (Lipinski definition) is 2. The van der Waals surface area contributed by atoms with Gasteiger partial charge < -0.3 is 14.8 Å². The van der Waals surface area contributed by atoms with Crippen molar-refractivity contribution in [1.29, 1.82) is 0 Å². The maximum atomic E-state index is 12.0. The van der Waals surface area contributed by atoms with Crippen LogP contribution in [-0.2, 0) is 19.4 Å². The van der Waals surface area contributed by atoms with Crippen LogP contribution in [0.2, 0.25) is 5.02 Å². The summed E-state index contributed by atoms with van der Waals surface area (Å²) in [7, 11) is -2.15. The lowest BCUT2D eigenvalue weighted by molar-refractivity contribution is -0.123. The van der Waals surface area contributed by atoms with E-state index in [1.807, 2.05) is 5.32 Å². The number of benzene rings is 2. The average molecular weight is 441 g/mol. The van der Waals surface area contributed by atoms with Crippen molar-refractivity contribution < 1.29 is 32.3 Å². The van der Waals surface area contributed by atoms with Gasteiger partial charge in [0.05, 0.1) is 22.6 Å². The van der Waals surface area contributed by atoms with E-state index in [2.05, 4.69) is 5.32 Å². The Morgan fingerprint density at radius 2 is 1.72 bits per heavy atom. The van der Waals surface area contributed by atoms with E-state index in [0.717, 1.165) is 12.3 Å². The minimum Gasteiger partial charge on any atom is -0.497 e. The van der Waals surface area contributed by atoms with Crippen LogP contribution >= 0.6 is 11.6 Å². The summed E-state index contributed by atoms with van der Waals surface area (Å²) >= 11 is 5.81. The highest BCUT2D eigenvalue weighted by atomic mass is 35.5. The number of imide groups is 1. The van der Waals surface area contributed by atoms with Crippen molar-refractivity contribution in [2.75, 3.05) is 25.3 Å². The zero-order chi connectivity index (χ0) is 21.6. The number of halogens is 1. The Bertz CT molecular complexity index is 1040. The van der Waals surface area contributed by atoms with Crippen molar-refractivity contribution in [2.24, 2.45) is 0 Å². The highest BCUT2D eigenvalue weighted by Crippen LogP contribution is 2.23. The zero-order valence-corrected chi connectivity index (χ0v) is 17.0. The van der Waals surface area contributed by atoms with E-state index in [0.29, 0.717) is 11.4 Å². The monoisotopic (exact) mass is 440 g/mol. The first kappa shape index (κ1) is 22.2. The molecule has 11 heteroatoms. The highest BCUT2D eigenvalue weighted by molar-refractivity contribution is 7.90. The summed E-state index contributed by atoms with van der Waals surface area (Å²) in [5, 5.41) is 4.38. The summed E-state index contributed by atoms with van der Waals surface area (Å²) in [4.78, 5) is 35.3. The number of hydrogen-bond acceptors (Lipinski definition) is 7. The van der Waals surface area contributed by atoms with Gasteiger partial charge in [-0.3, -0.25) is 10.1 Å². The molecule has 9 nitrogen and oxygen atoms in total. The Morgan fingerprint density at radius 1 is 1.07 bits per heavy atom. The fourth-order valence-corrected chi connectivity index (χ4v) is 3.43. The Kier molecular flexibility index (Phi) is 7.18. The molecule has 3 amide bonds. The number of amides is 3. The molecule has 0 radical (unpaired) electrons. The fraction of sp³-hybridized carbons (Fsp3) is 0.167. The third-order valence-electron chi connectivity index (χ3n) is 3.50. The normalized spacial score (nSPS) is 10.7. The molecule has 0 saturated carbocycles. The van der Waals surface area contributed by atoms with Gasteiger partial charge in [-0.15, -0.1) is 0 Å². The van der Waals surface area contributed by atoms with Crippen LogP contribution < -0.4 is 15.4 Å². The summed E-state index contributed by atoms with van der Waals surface area (Å²) in [5.41, 5.74) is 0.313. The third-order valence-corrected chi connectivity index (χ3v) is 5.08. The predicted molar refractivity (Wildman–Crippen MR) is 105 cm³/mol. The maximum absolute atomic E-state index is 12.0. The number of urea groups is 1. The predicted octanol–water partition coefficient (Wildman–Crippen LogP) is 2.26. The number of anilines is 1. The van der Waals surface area contributed by atoms with E-state index in [1.54, 1.807) is 24.3 Å². The molecule has 2 N–H and O–H groups in total. The molecule has 0 aliphatic heterocycles. The molecule has 0 heterocycles. The summed E-state index contributed by atoms with van der Waals surface area (Å²) in [6, 6.07) is 9.11. The number of methoxy groups -OCH3 is 1. The number of ether oxygens (including phenoxy) is 2. The highest BCUT2D eigenvalue weighted by Gasteiger charge is 2.18. The van der Waals surface area contributed by atoms with Gasteiger partial charge >= 0.3 is 12.0 Å². The fourth-order valence-electron chi connectivity index (χ4n) is 2.13. The minimum absolute atomic E-state index is 0.0444. The van der Waals surface area contributed by atoms with Crippen molar-refractivity contribution in [2.45, 2.75) is 4.90 Å². The van der Waals surface area contributed by atoms with Crippen molar-refractivity contribution >= 4 is 45.0 Å². The molecule has 29 heavy (non-hydrogen) atoms. The van der Waals surface area contributed by atoms with Gasteiger partial charge in [0.1, 0.15) is 5.75 Å². The van der Waals surface area contributed by atoms with E-state index in [4.69, 9.17) is 21.1 Å². The van der Waals surface area contributed by atoms with Gasteiger partial charge in [0.25, 0.3) is 5.91 Å². The molecule has 0 unspecified atom stereocenters. The summed E-state index contributed by atoms with van der Waals surface area (Å²) in [5.74, 6) is -1.22. The van der Waals surface area contributed by atoms with E-state index in [-0.39, 0.29) is 15.5 Å². The molecule has 154 valence electrons. The first-order chi connectivity index (χ1) is 13.6. The lowest BCUT2D eigenvalue weighted by Gasteiger charge is -2.09. The van der Waals surface area contributed by atoms with Gasteiger partial charge in [-0.05, 0) is 42.5 Å². The van der Waals surface area contributed by atoms with Crippen LogP contribution in [0, 0.1) is 0 Å². The lowest BCUT2D eigenvalue weighted by atomic mass is 10.2.